The molecule has 1 heterocycles. The lowest BCUT2D eigenvalue weighted by atomic mass is 10.2. The van der Waals surface area contributed by atoms with Crippen molar-refractivity contribution in [3.05, 3.63) is 16.9 Å². The number of pyridine rings is 1. The summed E-state index contributed by atoms with van der Waals surface area (Å²) in [6.45, 7) is 0. The van der Waals surface area contributed by atoms with Crippen LogP contribution in [0.25, 0.3) is 0 Å². The van der Waals surface area contributed by atoms with E-state index in [1.807, 2.05) is 0 Å². The number of rotatable bonds is 1. The van der Waals surface area contributed by atoms with Crippen LogP contribution in [-0.2, 0) is 0 Å². The molecular weight excluding hydrogens is 235 g/mol. The van der Waals surface area contributed by atoms with Crippen molar-refractivity contribution in [3.63, 3.8) is 0 Å². The smallest absolute Gasteiger partial charge is 0.401 e. The van der Waals surface area contributed by atoms with Crippen molar-refractivity contribution < 1.29 is 17.9 Å². The van der Waals surface area contributed by atoms with Gasteiger partial charge in [-0.3, -0.25) is 0 Å². The van der Waals surface area contributed by atoms with E-state index in [1.54, 1.807) is 0 Å². The molecule has 4 nitrogen and oxygen atoms in total. The highest BCUT2D eigenvalue weighted by Crippen LogP contribution is 2.34. The van der Waals surface area contributed by atoms with Gasteiger partial charge in [0.15, 0.2) is 10.9 Å². The van der Waals surface area contributed by atoms with Gasteiger partial charge in [0.25, 0.3) is 0 Å². The maximum atomic E-state index is 11.9. The fourth-order valence-electron chi connectivity index (χ4n) is 0.808. The molecule has 0 saturated carbocycles. The number of halogens is 4. The number of alkyl halides is 3. The van der Waals surface area contributed by atoms with Crippen molar-refractivity contribution in [2.75, 3.05) is 5.73 Å². The number of ether oxygens (including phenoxy) is 1. The fraction of sp³-hybridized carbons (Fsp3) is 0.143. The van der Waals surface area contributed by atoms with Crippen LogP contribution >= 0.6 is 11.6 Å². The lowest BCUT2D eigenvalue weighted by Gasteiger charge is -2.11. The zero-order valence-corrected chi connectivity index (χ0v) is 7.73. The monoisotopic (exact) mass is 237 g/mol. The first-order valence-corrected chi connectivity index (χ1v) is 3.82. The summed E-state index contributed by atoms with van der Waals surface area (Å²) in [6, 6.07) is 1.45. The zero-order chi connectivity index (χ0) is 11.6. The quantitative estimate of drug-likeness (QED) is 0.759. The molecule has 0 bridgehead atoms. The summed E-state index contributed by atoms with van der Waals surface area (Å²) >= 11 is 5.34. The minimum Gasteiger partial charge on any atom is -0.401 e. The Kier molecular flexibility index (Phi) is 2.90. The minimum atomic E-state index is -4.95. The lowest BCUT2D eigenvalue weighted by molar-refractivity contribution is -0.274. The van der Waals surface area contributed by atoms with Crippen molar-refractivity contribution in [3.8, 4) is 11.8 Å². The molecule has 2 N–H and O–H groups in total. The standard InChI is InChI=1S/C7H3ClF3N3O/c8-6-5(15-7(9,10)11)3(1-12)4(13)2-14-6/h2H,13H2. The largest absolute Gasteiger partial charge is 0.573 e. The van der Waals surface area contributed by atoms with Crippen LogP contribution < -0.4 is 10.5 Å². The first kappa shape index (κ1) is 11.4. The van der Waals surface area contributed by atoms with Crippen molar-refractivity contribution >= 4 is 17.3 Å². The van der Waals surface area contributed by atoms with E-state index in [4.69, 9.17) is 22.6 Å². The molecule has 0 amide bonds. The van der Waals surface area contributed by atoms with Crippen LogP contribution in [0.3, 0.4) is 0 Å². The molecule has 0 fully saturated rings. The van der Waals surface area contributed by atoms with Gasteiger partial charge in [0.2, 0.25) is 0 Å². The van der Waals surface area contributed by atoms with Gasteiger partial charge in [-0.05, 0) is 0 Å². The second kappa shape index (κ2) is 3.82. The van der Waals surface area contributed by atoms with Crippen molar-refractivity contribution in [1.29, 1.82) is 5.26 Å². The van der Waals surface area contributed by atoms with Crippen LogP contribution in [0.5, 0.6) is 5.75 Å². The van der Waals surface area contributed by atoms with Crippen LogP contribution in [0.4, 0.5) is 18.9 Å². The Hall–Kier alpha value is -1.68. The van der Waals surface area contributed by atoms with Crippen molar-refractivity contribution in [1.82, 2.24) is 4.98 Å². The molecule has 1 aromatic rings. The Labute approximate surface area is 87.0 Å². The van der Waals surface area contributed by atoms with Gasteiger partial charge in [-0.2, -0.15) is 5.26 Å². The van der Waals surface area contributed by atoms with E-state index in [9.17, 15) is 13.2 Å². The molecule has 1 rings (SSSR count). The number of nitrogens with zero attached hydrogens (tertiary/aromatic N) is 2. The van der Waals surface area contributed by atoms with E-state index in [0.717, 1.165) is 6.20 Å². The second-order valence-electron chi connectivity index (χ2n) is 2.37. The van der Waals surface area contributed by atoms with E-state index in [1.165, 1.54) is 6.07 Å². The summed E-state index contributed by atoms with van der Waals surface area (Å²) in [5.41, 5.74) is 4.50. The van der Waals surface area contributed by atoms with Gasteiger partial charge in [-0.1, -0.05) is 11.6 Å². The summed E-state index contributed by atoms with van der Waals surface area (Å²) in [7, 11) is 0. The topological polar surface area (TPSA) is 71.9 Å². The molecule has 0 unspecified atom stereocenters. The molecule has 0 radical (unpaired) electrons. The Morgan fingerprint density at radius 2 is 2.13 bits per heavy atom. The zero-order valence-electron chi connectivity index (χ0n) is 6.97. The summed E-state index contributed by atoms with van der Waals surface area (Å²) in [6.07, 6.45) is -3.98. The maximum Gasteiger partial charge on any atom is 0.573 e. The molecule has 0 saturated heterocycles. The Morgan fingerprint density at radius 3 is 2.60 bits per heavy atom. The SMILES string of the molecule is N#Cc1c(N)cnc(Cl)c1OC(F)(F)F. The molecule has 0 aliphatic carbocycles. The lowest BCUT2D eigenvalue weighted by Crippen LogP contribution is -2.18. The number of nitriles is 1. The summed E-state index contributed by atoms with van der Waals surface area (Å²) < 4.78 is 39.3. The molecule has 15 heavy (non-hydrogen) atoms. The summed E-state index contributed by atoms with van der Waals surface area (Å²) in [5, 5.41) is 7.99. The van der Waals surface area contributed by atoms with Crippen molar-refractivity contribution in [2.45, 2.75) is 6.36 Å². The van der Waals surface area contributed by atoms with E-state index < -0.39 is 22.8 Å². The van der Waals surface area contributed by atoms with E-state index in [-0.39, 0.29) is 5.69 Å². The van der Waals surface area contributed by atoms with Crippen LogP contribution in [0.15, 0.2) is 6.20 Å². The van der Waals surface area contributed by atoms with E-state index in [2.05, 4.69) is 9.72 Å². The minimum absolute atomic E-state index is 0.235. The Bertz CT molecular complexity index is 427. The Morgan fingerprint density at radius 1 is 1.53 bits per heavy atom. The number of nitrogens with two attached hydrogens (primary N) is 1. The van der Waals surface area contributed by atoms with Gasteiger partial charge in [0.05, 0.1) is 11.9 Å². The third-order valence-corrected chi connectivity index (χ3v) is 1.62. The fourth-order valence-corrected chi connectivity index (χ4v) is 0.990. The highest BCUT2D eigenvalue weighted by Gasteiger charge is 2.34. The molecule has 0 aliphatic rings. The molecule has 0 aromatic carbocycles. The van der Waals surface area contributed by atoms with Crippen molar-refractivity contribution in [2.24, 2.45) is 0 Å². The molecular formula is C7H3ClF3N3O. The summed E-state index contributed by atoms with van der Waals surface area (Å²) in [5.74, 6) is -0.883. The number of hydrogen-bond acceptors (Lipinski definition) is 4. The molecule has 1 aromatic heterocycles. The maximum absolute atomic E-state index is 11.9. The molecule has 0 aliphatic heterocycles. The average Bonchev–Trinajstić information content (AvgIpc) is 2.10. The highest BCUT2D eigenvalue weighted by molar-refractivity contribution is 6.31. The van der Waals surface area contributed by atoms with E-state index in [0.29, 0.717) is 0 Å². The van der Waals surface area contributed by atoms with Gasteiger partial charge in [-0.15, -0.1) is 13.2 Å². The predicted octanol–water partition coefficient (Wildman–Crippen LogP) is 2.09. The summed E-state index contributed by atoms with van der Waals surface area (Å²) in [4.78, 5) is 3.34. The first-order valence-electron chi connectivity index (χ1n) is 3.45. The molecule has 0 atom stereocenters. The van der Waals surface area contributed by atoms with Crippen LogP contribution in [0.2, 0.25) is 5.15 Å². The third-order valence-electron chi connectivity index (χ3n) is 1.35. The third kappa shape index (κ3) is 2.63. The number of anilines is 1. The molecule has 0 spiro atoms. The average molecular weight is 238 g/mol. The normalized spacial score (nSPS) is 10.9. The van der Waals surface area contributed by atoms with Gasteiger partial charge >= 0.3 is 6.36 Å². The number of nitrogen functional groups attached to an aromatic ring is 1. The Balaban J connectivity index is 3.28. The van der Waals surface area contributed by atoms with Gasteiger partial charge in [0, 0.05) is 0 Å². The van der Waals surface area contributed by atoms with Gasteiger partial charge in [0.1, 0.15) is 11.6 Å². The van der Waals surface area contributed by atoms with Gasteiger partial charge in [-0.25, -0.2) is 4.98 Å². The predicted molar refractivity (Wildman–Crippen MR) is 45.1 cm³/mol. The first-order chi connectivity index (χ1) is 6.85. The van der Waals surface area contributed by atoms with Crippen LogP contribution in [-0.4, -0.2) is 11.3 Å². The second-order valence-corrected chi connectivity index (χ2v) is 2.73. The number of hydrogen-bond donors (Lipinski definition) is 1. The molecule has 8 heteroatoms. The number of aromatic nitrogens is 1. The highest BCUT2D eigenvalue weighted by atomic mass is 35.5. The van der Waals surface area contributed by atoms with Crippen LogP contribution in [0.1, 0.15) is 5.56 Å². The molecule has 80 valence electrons. The van der Waals surface area contributed by atoms with Crippen LogP contribution in [0, 0.1) is 11.3 Å². The van der Waals surface area contributed by atoms with E-state index >= 15 is 0 Å². The van der Waals surface area contributed by atoms with Gasteiger partial charge < -0.3 is 10.5 Å².